The number of hydrogen-bond acceptors (Lipinski definition) is 7. The number of rotatable bonds is 8. The Morgan fingerprint density at radius 3 is 2.72 bits per heavy atom. The van der Waals surface area contributed by atoms with Crippen molar-refractivity contribution >= 4 is 41.8 Å². The SMILES string of the molecule is CCN(C(=O)OC(C)(C)C)[C@H]1CCCN(c2ccnc3c2c2cc(C#N)ncc2n3COCC[Si](C)(C)C)C1. The van der Waals surface area contributed by atoms with Crippen molar-refractivity contribution in [3.63, 3.8) is 0 Å². The summed E-state index contributed by atoms with van der Waals surface area (Å²) in [6.45, 7) is 17.9. The number of anilines is 1. The van der Waals surface area contributed by atoms with E-state index in [1.165, 1.54) is 0 Å². The summed E-state index contributed by atoms with van der Waals surface area (Å²) in [6.07, 6.45) is 5.20. The topological polar surface area (TPSA) is 96.5 Å². The number of pyridine rings is 2. The lowest BCUT2D eigenvalue weighted by molar-refractivity contribution is 0.0159. The number of likely N-dealkylation sites (N-methyl/N-ethyl adjacent to an activating group) is 1. The normalized spacial score (nSPS) is 16.5. The third-order valence-corrected chi connectivity index (χ3v) is 8.79. The van der Waals surface area contributed by atoms with Crippen molar-refractivity contribution in [2.45, 2.75) is 84.6 Å². The standard InChI is InChI=1S/C29H42N6O3Si/c1-8-34(28(36)38-29(2,3)4)22-10-9-13-33(19-22)24-11-12-31-27-26(24)23-16-21(17-30)32-18-25(23)35(27)20-37-14-15-39(5,6)7/h11-12,16,18,22H,8-10,13-15,19-20H2,1-7H3/t22-/m0/s1. The van der Waals surface area contributed by atoms with Gasteiger partial charge in [-0.25, -0.2) is 14.8 Å². The van der Waals surface area contributed by atoms with Crippen molar-refractivity contribution in [1.82, 2.24) is 19.4 Å². The number of nitriles is 1. The number of piperidine rings is 1. The summed E-state index contributed by atoms with van der Waals surface area (Å²) >= 11 is 0. The first-order valence-corrected chi connectivity index (χ1v) is 17.6. The number of ether oxygens (including phenoxy) is 2. The van der Waals surface area contributed by atoms with Gasteiger partial charge < -0.3 is 19.3 Å². The fraction of sp³-hybridized carbons (Fsp3) is 0.586. The van der Waals surface area contributed by atoms with E-state index in [0.717, 1.165) is 53.1 Å². The average Bonchev–Trinajstić information content (AvgIpc) is 3.18. The van der Waals surface area contributed by atoms with E-state index < -0.39 is 13.7 Å². The van der Waals surface area contributed by atoms with E-state index in [0.29, 0.717) is 32.1 Å². The van der Waals surface area contributed by atoms with Gasteiger partial charge in [-0.15, -0.1) is 0 Å². The quantitative estimate of drug-likeness (QED) is 0.251. The van der Waals surface area contributed by atoms with E-state index in [1.54, 1.807) is 6.20 Å². The van der Waals surface area contributed by atoms with Crippen LogP contribution in [0.4, 0.5) is 10.5 Å². The monoisotopic (exact) mass is 550 g/mol. The maximum absolute atomic E-state index is 13.0. The van der Waals surface area contributed by atoms with Crippen LogP contribution in [0, 0.1) is 11.3 Å². The van der Waals surface area contributed by atoms with Gasteiger partial charge in [-0.1, -0.05) is 19.6 Å². The lowest BCUT2D eigenvalue weighted by atomic mass is 10.0. The summed E-state index contributed by atoms with van der Waals surface area (Å²) in [7, 11) is -1.21. The molecule has 10 heteroatoms. The van der Waals surface area contributed by atoms with Crippen LogP contribution < -0.4 is 4.90 Å². The van der Waals surface area contributed by atoms with Crippen LogP contribution in [0.3, 0.4) is 0 Å². The first-order valence-electron chi connectivity index (χ1n) is 13.9. The zero-order valence-corrected chi connectivity index (χ0v) is 25.5. The van der Waals surface area contributed by atoms with Crippen molar-refractivity contribution in [3.8, 4) is 6.07 Å². The Morgan fingerprint density at radius 1 is 1.28 bits per heavy atom. The van der Waals surface area contributed by atoms with E-state index in [-0.39, 0.29) is 12.1 Å². The van der Waals surface area contributed by atoms with Gasteiger partial charge >= 0.3 is 6.09 Å². The van der Waals surface area contributed by atoms with Gasteiger partial charge in [0.05, 0.1) is 28.8 Å². The van der Waals surface area contributed by atoms with E-state index in [9.17, 15) is 10.1 Å². The Labute approximate surface area is 232 Å². The van der Waals surface area contributed by atoms with Crippen molar-refractivity contribution in [3.05, 3.63) is 30.2 Å². The molecule has 1 atom stereocenters. The molecule has 0 N–H and O–H groups in total. The Kier molecular flexibility index (Phi) is 8.52. The number of aromatic nitrogens is 3. The summed E-state index contributed by atoms with van der Waals surface area (Å²) in [6, 6.07) is 7.19. The van der Waals surface area contributed by atoms with Gasteiger partial charge in [-0.2, -0.15) is 5.26 Å². The highest BCUT2D eigenvalue weighted by molar-refractivity contribution is 6.76. The minimum Gasteiger partial charge on any atom is -0.444 e. The number of hydrogen-bond donors (Lipinski definition) is 0. The van der Waals surface area contributed by atoms with Crippen LogP contribution in [-0.2, 0) is 16.2 Å². The molecule has 0 saturated carbocycles. The van der Waals surface area contributed by atoms with Crippen LogP contribution >= 0.6 is 0 Å². The molecule has 0 unspecified atom stereocenters. The number of carbonyl (C=O) groups excluding carboxylic acids is 1. The molecule has 0 spiro atoms. The molecule has 39 heavy (non-hydrogen) atoms. The van der Waals surface area contributed by atoms with Crippen LogP contribution in [-0.4, -0.2) is 71.5 Å². The minimum absolute atomic E-state index is 0.0383. The Morgan fingerprint density at radius 2 is 2.05 bits per heavy atom. The number of nitrogens with zero attached hydrogens (tertiary/aromatic N) is 6. The van der Waals surface area contributed by atoms with Gasteiger partial charge in [0.1, 0.15) is 29.7 Å². The predicted molar refractivity (Wildman–Crippen MR) is 158 cm³/mol. The Bertz CT molecular complexity index is 1370. The second kappa shape index (κ2) is 11.5. The summed E-state index contributed by atoms with van der Waals surface area (Å²) in [5.74, 6) is 0. The maximum atomic E-state index is 13.0. The molecule has 0 aliphatic carbocycles. The molecule has 1 aliphatic rings. The molecule has 0 bridgehead atoms. The highest BCUT2D eigenvalue weighted by Crippen LogP contribution is 2.36. The molecule has 1 fully saturated rings. The van der Waals surface area contributed by atoms with Gasteiger partial charge in [0.2, 0.25) is 0 Å². The number of amides is 1. The van der Waals surface area contributed by atoms with E-state index in [1.807, 2.05) is 50.9 Å². The highest BCUT2D eigenvalue weighted by Gasteiger charge is 2.32. The Hall–Kier alpha value is -3.16. The van der Waals surface area contributed by atoms with E-state index in [2.05, 4.69) is 40.2 Å². The molecule has 1 saturated heterocycles. The summed E-state index contributed by atoms with van der Waals surface area (Å²) in [4.78, 5) is 26.3. The molecule has 0 aromatic carbocycles. The molecule has 9 nitrogen and oxygen atoms in total. The van der Waals surface area contributed by atoms with E-state index >= 15 is 0 Å². The molecule has 1 aliphatic heterocycles. The second-order valence-electron chi connectivity index (χ2n) is 12.5. The fourth-order valence-electron chi connectivity index (χ4n) is 5.16. The summed E-state index contributed by atoms with van der Waals surface area (Å²) in [5, 5.41) is 11.5. The zero-order valence-electron chi connectivity index (χ0n) is 24.5. The molecule has 1 amide bonds. The van der Waals surface area contributed by atoms with Crippen LogP contribution in [0.5, 0.6) is 0 Å². The van der Waals surface area contributed by atoms with Crippen LogP contribution in [0.2, 0.25) is 25.7 Å². The first kappa shape index (κ1) is 28.8. The van der Waals surface area contributed by atoms with Crippen molar-refractivity contribution < 1.29 is 14.3 Å². The molecular weight excluding hydrogens is 508 g/mol. The second-order valence-corrected chi connectivity index (χ2v) is 18.1. The van der Waals surface area contributed by atoms with Crippen molar-refractivity contribution in [2.24, 2.45) is 0 Å². The molecule has 4 heterocycles. The van der Waals surface area contributed by atoms with Gasteiger partial charge in [0, 0.05) is 45.9 Å². The summed E-state index contributed by atoms with van der Waals surface area (Å²) < 4.78 is 13.9. The minimum atomic E-state index is -1.21. The van der Waals surface area contributed by atoms with Crippen LogP contribution in [0.25, 0.3) is 21.9 Å². The fourth-order valence-corrected chi connectivity index (χ4v) is 5.91. The molecule has 0 radical (unpaired) electrons. The smallest absolute Gasteiger partial charge is 0.410 e. The molecule has 3 aromatic rings. The summed E-state index contributed by atoms with van der Waals surface area (Å²) in [5.41, 5.74) is 2.59. The highest BCUT2D eigenvalue weighted by atomic mass is 28.3. The number of carbonyl (C=O) groups is 1. The average molecular weight is 551 g/mol. The molecular formula is C29H42N6O3Si. The van der Waals surface area contributed by atoms with Crippen LogP contribution in [0.1, 0.15) is 46.2 Å². The van der Waals surface area contributed by atoms with Gasteiger partial charge in [-0.05, 0) is 58.7 Å². The largest absolute Gasteiger partial charge is 0.444 e. The lowest BCUT2D eigenvalue weighted by Gasteiger charge is -2.40. The third kappa shape index (κ3) is 6.71. The predicted octanol–water partition coefficient (Wildman–Crippen LogP) is 5.99. The van der Waals surface area contributed by atoms with Crippen LogP contribution in [0.15, 0.2) is 24.5 Å². The molecule has 210 valence electrons. The van der Waals surface area contributed by atoms with Crippen molar-refractivity contribution in [2.75, 3.05) is 31.1 Å². The molecule has 3 aromatic heterocycles. The first-order chi connectivity index (χ1) is 18.4. The van der Waals surface area contributed by atoms with Gasteiger partial charge in [0.15, 0.2) is 0 Å². The third-order valence-electron chi connectivity index (χ3n) is 7.09. The Balaban J connectivity index is 1.70. The maximum Gasteiger partial charge on any atom is 0.410 e. The lowest BCUT2D eigenvalue weighted by Crippen LogP contribution is -2.51. The number of fused-ring (bicyclic) bond motifs is 3. The van der Waals surface area contributed by atoms with Gasteiger partial charge in [-0.3, -0.25) is 4.57 Å². The van der Waals surface area contributed by atoms with Gasteiger partial charge in [0.25, 0.3) is 0 Å². The van der Waals surface area contributed by atoms with Crippen molar-refractivity contribution in [1.29, 1.82) is 5.26 Å². The van der Waals surface area contributed by atoms with E-state index in [4.69, 9.17) is 14.5 Å². The molecule has 4 rings (SSSR count). The zero-order chi connectivity index (χ0) is 28.4.